The Bertz CT molecular complexity index is 497. The standard InChI is InChI=1S/C13H15N3O2/c1-9-4-5-10(7-14-9)16-8-12(17)15-6-2-3-11(15)13(16)18/h4-5,7,11H,2-3,6,8H2,1H3. The highest BCUT2D eigenvalue weighted by atomic mass is 16.2. The monoisotopic (exact) mass is 245 g/mol. The molecule has 0 aromatic carbocycles. The van der Waals surface area contributed by atoms with E-state index in [-0.39, 0.29) is 24.4 Å². The zero-order valence-corrected chi connectivity index (χ0v) is 10.3. The first-order valence-electron chi connectivity index (χ1n) is 6.20. The van der Waals surface area contributed by atoms with Crippen molar-refractivity contribution in [2.24, 2.45) is 0 Å². The largest absolute Gasteiger partial charge is 0.329 e. The number of hydrogen-bond acceptors (Lipinski definition) is 3. The average Bonchev–Trinajstić information content (AvgIpc) is 2.85. The van der Waals surface area contributed by atoms with Crippen LogP contribution < -0.4 is 4.90 Å². The van der Waals surface area contributed by atoms with Crippen molar-refractivity contribution in [1.82, 2.24) is 9.88 Å². The highest BCUT2D eigenvalue weighted by Crippen LogP contribution is 2.26. The molecule has 5 heteroatoms. The van der Waals surface area contributed by atoms with Gasteiger partial charge in [0.25, 0.3) is 0 Å². The van der Waals surface area contributed by atoms with Gasteiger partial charge in [-0.15, -0.1) is 0 Å². The molecule has 1 aromatic heterocycles. The summed E-state index contributed by atoms with van der Waals surface area (Å²) in [5, 5.41) is 0. The quantitative estimate of drug-likeness (QED) is 0.733. The van der Waals surface area contributed by atoms with Gasteiger partial charge in [0.1, 0.15) is 12.6 Å². The Labute approximate surface area is 105 Å². The van der Waals surface area contributed by atoms with Crippen molar-refractivity contribution >= 4 is 17.5 Å². The van der Waals surface area contributed by atoms with E-state index in [1.165, 1.54) is 0 Å². The van der Waals surface area contributed by atoms with Crippen LogP contribution >= 0.6 is 0 Å². The normalized spacial score (nSPS) is 23.5. The number of piperazine rings is 1. The molecule has 2 amide bonds. The first-order valence-corrected chi connectivity index (χ1v) is 6.20. The van der Waals surface area contributed by atoms with Crippen LogP contribution in [0, 0.1) is 6.92 Å². The molecule has 0 aliphatic carbocycles. The average molecular weight is 245 g/mol. The molecule has 2 aliphatic rings. The summed E-state index contributed by atoms with van der Waals surface area (Å²) in [6.45, 7) is 2.75. The fourth-order valence-electron chi connectivity index (χ4n) is 2.64. The summed E-state index contributed by atoms with van der Waals surface area (Å²) in [7, 11) is 0. The lowest BCUT2D eigenvalue weighted by molar-refractivity contribution is -0.140. The minimum atomic E-state index is -0.257. The number of hydrogen-bond donors (Lipinski definition) is 0. The summed E-state index contributed by atoms with van der Waals surface area (Å²) < 4.78 is 0. The minimum Gasteiger partial charge on any atom is -0.329 e. The summed E-state index contributed by atoms with van der Waals surface area (Å²) in [4.78, 5) is 31.8. The van der Waals surface area contributed by atoms with Crippen molar-refractivity contribution in [3.8, 4) is 0 Å². The van der Waals surface area contributed by atoms with Gasteiger partial charge in [0.2, 0.25) is 11.8 Å². The Balaban J connectivity index is 1.91. The molecule has 5 nitrogen and oxygen atoms in total. The van der Waals surface area contributed by atoms with Gasteiger partial charge in [-0.1, -0.05) is 0 Å². The Morgan fingerprint density at radius 1 is 1.33 bits per heavy atom. The van der Waals surface area contributed by atoms with Gasteiger partial charge in [-0.25, -0.2) is 0 Å². The number of aromatic nitrogens is 1. The molecule has 0 spiro atoms. The maximum Gasteiger partial charge on any atom is 0.250 e. The van der Waals surface area contributed by atoms with Crippen LogP contribution in [0.15, 0.2) is 18.3 Å². The molecule has 1 unspecified atom stereocenters. The Morgan fingerprint density at radius 3 is 2.89 bits per heavy atom. The van der Waals surface area contributed by atoms with E-state index in [0.29, 0.717) is 5.69 Å². The number of fused-ring (bicyclic) bond motifs is 1. The molecule has 1 atom stereocenters. The number of pyridine rings is 1. The molecule has 0 N–H and O–H groups in total. The van der Waals surface area contributed by atoms with Gasteiger partial charge < -0.3 is 4.90 Å². The van der Waals surface area contributed by atoms with Crippen LogP contribution in [0.25, 0.3) is 0 Å². The first kappa shape index (κ1) is 11.2. The molecular formula is C13H15N3O2. The van der Waals surface area contributed by atoms with Crippen molar-refractivity contribution < 1.29 is 9.59 Å². The molecule has 0 radical (unpaired) electrons. The lowest BCUT2D eigenvalue weighted by Gasteiger charge is -2.36. The van der Waals surface area contributed by atoms with Gasteiger partial charge in [-0.3, -0.25) is 19.5 Å². The maximum absolute atomic E-state index is 12.3. The van der Waals surface area contributed by atoms with E-state index < -0.39 is 0 Å². The molecule has 3 rings (SSSR count). The SMILES string of the molecule is Cc1ccc(N2CC(=O)N3CCCC3C2=O)cn1. The second-order valence-corrected chi connectivity index (χ2v) is 4.83. The van der Waals surface area contributed by atoms with E-state index in [2.05, 4.69) is 4.98 Å². The summed E-state index contributed by atoms with van der Waals surface area (Å²) >= 11 is 0. The number of amides is 2. The van der Waals surface area contributed by atoms with Crippen LogP contribution in [0.1, 0.15) is 18.5 Å². The lowest BCUT2D eigenvalue weighted by Crippen LogP contribution is -2.57. The van der Waals surface area contributed by atoms with Crippen LogP contribution in [0.4, 0.5) is 5.69 Å². The number of rotatable bonds is 1. The van der Waals surface area contributed by atoms with Crippen LogP contribution in [0.3, 0.4) is 0 Å². The first-order chi connectivity index (χ1) is 8.66. The van der Waals surface area contributed by atoms with Crippen LogP contribution in [0.2, 0.25) is 0 Å². The molecule has 0 bridgehead atoms. The summed E-state index contributed by atoms with van der Waals surface area (Å²) in [5.74, 6) is 0.0652. The van der Waals surface area contributed by atoms with Crippen LogP contribution in [-0.4, -0.2) is 40.8 Å². The second kappa shape index (κ2) is 4.08. The smallest absolute Gasteiger partial charge is 0.250 e. The number of anilines is 1. The summed E-state index contributed by atoms with van der Waals surface area (Å²) in [6.07, 6.45) is 3.35. The third-order valence-electron chi connectivity index (χ3n) is 3.63. The van der Waals surface area contributed by atoms with E-state index in [1.54, 1.807) is 16.0 Å². The molecule has 1 aromatic rings. The van der Waals surface area contributed by atoms with E-state index >= 15 is 0 Å². The third-order valence-corrected chi connectivity index (χ3v) is 3.63. The van der Waals surface area contributed by atoms with E-state index in [4.69, 9.17) is 0 Å². The highest BCUT2D eigenvalue weighted by Gasteiger charge is 2.42. The van der Waals surface area contributed by atoms with Gasteiger partial charge in [0.05, 0.1) is 11.9 Å². The van der Waals surface area contributed by atoms with E-state index in [9.17, 15) is 9.59 Å². The predicted octanol–water partition coefficient (Wildman–Crippen LogP) is 0.728. The van der Waals surface area contributed by atoms with Gasteiger partial charge in [-0.2, -0.15) is 0 Å². The van der Waals surface area contributed by atoms with Crippen molar-refractivity contribution in [3.63, 3.8) is 0 Å². The molecule has 2 saturated heterocycles. The fourth-order valence-corrected chi connectivity index (χ4v) is 2.64. The maximum atomic E-state index is 12.3. The topological polar surface area (TPSA) is 53.5 Å². The molecular weight excluding hydrogens is 230 g/mol. The van der Waals surface area contributed by atoms with Crippen LogP contribution in [0.5, 0.6) is 0 Å². The molecule has 3 heterocycles. The van der Waals surface area contributed by atoms with Gasteiger partial charge >= 0.3 is 0 Å². The molecule has 0 saturated carbocycles. The Hall–Kier alpha value is -1.91. The predicted molar refractivity (Wildman–Crippen MR) is 66.1 cm³/mol. The molecule has 2 aliphatic heterocycles. The summed E-state index contributed by atoms with van der Waals surface area (Å²) in [6, 6.07) is 3.44. The Morgan fingerprint density at radius 2 is 2.17 bits per heavy atom. The van der Waals surface area contributed by atoms with Gasteiger partial charge in [0.15, 0.2) is 0 Å². The second-order valence-electron chi connectivity index (χ2n) is 4.83. The fraction of sp³-hybridized carbons (Fsp3) is 0.462. The summed E-state index contributed by atoms with van der Waals surface area (Å²) in [5.41, 5.74) is 1.61. The van der Waals surface area contributed by atoms with Gasteiger partial charge in [0, 0.05) is 12.2 Å². The number of carbonyl (C=O) groups excluding carboxylic acids is 2. The number of nitrogens with zero attached hydrogens (tertiary/aromatic N) is 3. The van der Waals surface area contributed by atoms with Crippen LogP contribution in [-0.2, 0) is 9.59 Å². The van der Waals surface area contributed by atoms with Crippen molar-refractivity contribution in [2.45, 2.75) is 25.8 Å². The van der Waals surface area contributed by atoms with E-state index in [0.717, 1.165) is 25.1 Å². The number of aryl methyl sites for hydroxylation is 1. The lowest BCUT2D eigenvalue weighted by atomic mass is 10.1. The minimum absolute atomic E-state index is 0.0257. The molecule has 18 heavy (non-hydrogen) atoms. The zero-order chi connectivity index (χ0) is 12.7. The zero-order valence-electron chi connectivity index (χ0n) is 10.3. The highest BCUT2D eigenvalue weighted by molar-refractivity contribution is 6.06. The third kappa shape index (κ3) is 1.66. The Kier molecular flexibility index (Phi) is 2.54. The molecule has 94 valence electrons. The van der Waals surface area contributed by atoms with Crippen molar-refractivity contribution in [2.75, 3.05) is 18.0 Å². The number of carbonyl (C=O) groups is 2. The van der Waals surface area contributed by atoms with Crippen molar-refractivity contribution in [3.05, 3.63) is 24.0 Å². The van der Waals surface area contributed by atoms with E-state index in [1.807, 2.05) is 19.1 Å². The molecule has 2 fully saturated rings. The van der Waals surface area contributed by atoms with Gasteiger partial charge in [-0.05, 0) is 31.9 Å². The van der Waals surface area contributed by atoms with Crippen molar-refractivity contribution in [1.29, 1.82) is 0 Å².